The van der Waals surface area contributed by atoms with Crippen LogP contribution in [0.15, 0.2) is 24.3 Å². The van der Waals surface area contributed by atoms with Crippen LogP contribution >= 0.6 is 22.6 Å². The molecule has 1 aliphatic heterocycles. The number of fused-ring (bicyclic) bond motifs is 1. The molecule has 0 saturated carbocycles. The van der Waals surface area contributed by atoms with Crippen LogP contribution in [0, 0.1) is 0 Å². The number of ether oxygens (including phenoxy) is 1. The summed E-state index contributed by atoms with van der Waals surface area (Å²) in [5, 5.41) is 3.03. The second kappa shape index (κ2) is 6.97. The number of nitrogens with one attached hydrogen (secondary N) is 1. The van der Waals surface area contributed by atoms with E-state index in [0.29, 0.717) is 6.61 Å². The van der Waals surface area contributed by atoms with E-state index in [1.807, 2.05) is 24.3 Å². The molecule has 1 atom stereocenters. The molecule has 1 N–H and O–H groups in total. The number of unbranched alkanes of at least 4 members (excludes halogenated alkanes) is 1. The molecule has 0 spiro atoms. The summed E-state index contributed by atoms with van der Waals surface area (Å²) in [6.07, 6.45) is 2.99. The van der Waals surface area contributed by atoms with Gasteiger partial charge in [0.1, 0.15) is 5.75 Å². The lowest BCUT2D eigenvalue weighted by Gasteiger charge is -2.25. The van der Waals surface area contributed by atoms with E-state index in [1.54, 1.807) is 0 Å². The summed E-state index contributed by atoms with van der Waals surface area (Å²) in [5.74, 6) is 0.949. The molecular formula is C14H18INO2. The molecule has 1 unspecified atom stereocenters. The van der Waals surface area contributed by atoms with Crippen LogP contribution in [0.5, 0.6) is 5.75 Å². The van der Waals surface area contributed by atoms with E-state index >= 15 is 0 Å². The second-order valence-corrected chi connectivity index (χ2v) is 5.49. The van der Waals surface area contributed by atoms with Crippen molar-refractivity contribution in [3.63, 3.8) is 0 Å². The maximum absolute atomic E-state index is 12.2. The highest BCUT2D eigenvalue weighted by Gasteiger charge is 2.26. The van der Waals surface area contributed by atoms with Gasteiger partial charge in [0.2, 0.25) is 5.91 Å². The van der Waals surface area contributed by atoms with Gasteiger partial charge in [0.15, 0.2) is 0 Å². The van der Waals surface area contributed by atoms with E-state index in [2.05, 4.69) is 27.9 Å². The van der Waals surface area contributed by atoms with Crippen molar-refractivity contribution in [1.82, 2.24) is 5.32 Å². The van der Waals surface area contributed by atoms with Crippen LogP contribution in [0.3, 0.4) is 0 Å². The third-order valence-electron chi connectivity index (χ3n) is 3.13. The second-order valence-electron chi connectivity index (χ2n) is 4.41. The van der Waals surface area contributed by atoms with Gasteiger partial charge in [0.25, 0.3) is 0 Å². The fourth-order valence-electron chi connectivity index (χ4n) is 2.17. The third-order valence-corrected chi connectivity index (χ3v) is 3.90. The Morgan fingerprint density at radius 2 is 2.22 bits per heavy atom. The molecule has 0 saturated heterocycles. The molecule has 1 heterocycles. The number of alkyl halides is 1. The van der Waals surface area contributed by atoms with Gasteiger partial charge < -0.3 is 10.1 Å². The van der Waals surface area contributed by atoms with Gasteiger partial charge in [-0.3, -0.25) is 4.79 Å². The first kappa shape index (κ1) is 13.6. The molecule has 1 aromatic rings. The van der Waals surface area contributed by atoms with Gasteiger partial charge in [-0.25, -0.2) is 0 Å². The molecule has 1 aliphatic rings. The average molecular weight is 359 g/mol. The summed E-state index contributed by atoms with van der Waals surface area (Å²) in [6, 6.07) is 7.83. The molecule has 0 aliphatic carbocycles. The van der Waals surface area contributed by atoms with Gasteiger partial charge in [0, 0.05) is 12.1 Å². The van der Waals surface area contributed by atoms with E-state index in [1.165, 1.54) is 0 Å². The SMILES string of the molecule is O=C(NCCCCI)C1CCOc2ccccc21. The minimum Gasteiger partial charge on any atom is -0.493 e. The third kappa shape index (κ3) is 3.37. The summed E-state index contributed by atoms with van der Waals surface area (Å²) >= 11 is 2.36. The molecule has 0 bridgehead atoms. The number of benzene rings is 1. The summed E-state index contributed by atoms with van der Waals surface area (Å²) in [5.41, 5.74) is 1.02. The van der Waals surface area contributed by atoms with Gasteiger partial charge in [-0.1, -0.05) is 40.8 Å². The van der Waals surface area contributed by atoms with Crippen LogP contribution in [-0.4, -0.2) is 23.5 Å². The minimum absolute atomic E-state index is 0.0467. The zero-order chi connectivity index (χ0) is 12.8. The van der Waals surface area contributed by atoms with Crippen molar-refractivity contribution in [2.75, 3.05) is 17.6 Å². The first-order valence-corrected chi connectivity index (χ1v) is 7.91. The molecule has 3 nitrogen and oxygen atoms in total. The van der Waals surface area contributed by atoms with E-state index in [9.17, 15) is 4.79 Å². The van der Waals surface area contributed by atoms with Gasteiger partial charge in [-0.05, 0) is 29.8 Å². The Bertz CT molecular complexity index is 409. The monoisotopic (exact) mass is 359 g/mol. The largest absolute Gasteiger partial charge is 0.493 e. The molecule has 1 aromatic carbocycles. The van der Waals surface area contributed by atoms with Crippen LogP contribution in [0.25, 0.3) is 0 Å². The lowest BCUT2D eigenvalue weighted by molar-refractivity contribution is -0.123. The molecule has 18 heavy (non-hydrogen) atoms. The maximum atomic E-state index is 12.2. The number of halogens is 1. The van der Waals surface area contributed by atoms with Crippen molar-refractivity contribution >= 4 is 28.5 Å². The van der Waals surface area contributed by atoms with Crippen molar-refractivity contribution < 1.29 is 9.53 Å². The highest BCUT2D eigenvalue weighted by Crippen LogP contribution is 2.33. The number of hydrogen-bond acceptors (Lipinski definition) is 2. The Morgan fingerprint density at radius 1 is 1.39 bits per heavy atom. The molecule has 1 amide bonds. The molecule has 0 fully saturated rings. The topological polar surface area (TPSA) is 38.3 Å². The van der Waals surface area contributed by atoms with Crippen molar-refractivity contribution in [3.05, 3.63) is 29.8 Å². The average Bonchev–Trinajstić information content (AvgIpc) is 2.43. The first-order chi connectivity index (χ1) is 8.83. The lowest BCUT2D eigenvalue weighted by atomic mass is 9.92. The van der Waals surface area contributed by atoms with E-state index < -0.39 is 0 Å². The minimum atomic E-state index is -0.0467. The first-order valence-electron chi connectivity index (χ1n) is 6.38. The zero-order valence-corrected chi connectivity index (χ0v) is 12.5. The Kier molecular flexibility index (Phi) is 5.28. The van der Waals surface area contributed by atoms with Gasteiger partial charge in [-0.2, -0.15) is 0 Å². The fraction of sp³-hybridized carbons (Fsp3) is 0.500. The van der Waals surface area contributed by atoms with Crippen LogP contribution in [-0.2, 0) is 4.79 Å². The smallest absolute Gasteiger partial charge is 0.227 e. The predicted octanol–water partition coefficient (Wildman–Crippen LogP) is 2.88. The fourth-order valence-corrected chi connectivity index (χ4v) is 2.71. The van der Waals surface area contributed by atoms with E-state index in [0.717, 1.165) is 41.5 Å². The van der Waals surface area contributed by atoms with Crippen molar-refractivity contribution in [3.8, 4) is 5.75 Å². The number of rotatable bonds is 5. The zero-order valence-electron chi connectivity index (χ0n) is 10.3. The summed E-state index contributed by atoms with van der Waals surface area (Å²) in [4.78, 5) is 12.2. The standard InChI is InChI=1S/C14H18INO2/c15-8-3-4-9-16-14(17)12-7-10-18-13-6-2-1-5-11(12)13/h1-2,5-6,12H,3-4,7-10H2,(H,16,17). The summed E-state index contributed by atoms with van der Waals surface area (Å²) < 4.78 is 6.71. The van der Waals surface area contributed by atoms with Crippen LogP contribution in [0.1, 0.15) is 30.7 Å². The summed E-state index contributed by atoms with van der Waals surface area (Å²) in [7, 11) is 0. The molecular weight excluding hydrogens is 341 g/mol. The maximum Gasteiger partial charge on any atom is 0.227 e. The van der Waals surface area contributed by atoms with Crippen LogP contribution in [0.4, 0.5) is 0 Å². The molecule has 0 aromatic heterocycles. The molecule has 4 heteroatoms. The highest BCUT2D eigenvalue weighted by molar-refractivity contribution is 14.1. The van der Waals surface area contributed by atoms with E-state index in [-0.39, 0.29) is 11.8 Å². The van der Waals surface area contributed by atoms with Crippen molar-refractivity contribution in [2.24, 2.45) is 0 Å². The highest BCUT2D eigenvalue weighted by atomic mass is 127. The molecule has 98 valence electrons. The quantitative estimate of drug-likeness (QED) is 0.499. The number of carbonyl (C=O) groups is 1. The van der Waals surface area contributed by atoms with Crippen LogP contribution < -0.4 is 10.1 Å². The normalized spacial score (nSPS) is 17.7. The number of carbonyl (C=O) groups excluding carboxylic acids is 1. The summed E-state index contributed by atoms with van der Waals surface area (Å²) in [6.45, 7) is 1.41. The molecule has 0 radical (unpaired) electrons. The Labute approximate surface area is 121 Å². The Balaban J connectivity index is 1.95. The predicted molar refractivity (Wildman–Crippen MR) is 80.4 cm³/mol. The lowest BCUT2D eigenvalue weighted by Crippen LogP contribution is -2.33. The number of hydrogen-bond donors (Lipinski definition) is 1. The van der Waals surface area contributed by atoms with Crippen LogP contribution in [0.2, 0.25) is 0 Å². The van der Waals surface area contributed by atoms with E-state index in [4.69, 9.17) is 4.74 Å². The van der Waals surface area contributed by atoms with Crippen molar-refractivity contribution in [1.29, 1.82) is 0 Å². The molecule has 2 rings (SSSR count). The van der Waals surface area contributed by atoms with Gasteiger partial charge in [-0.15, -0.1) is 0 Å². The van der Waals surface area contributed by atoms with Gasteiger partial charge >= 0.3 is 0 Å². The van der Waals surface area contributed by atoms with Crippen molar-refractivity contribution in [2.45, 2.75) is 25.2 Å². The number of para-hydroxylation sites is 1. The number of amides is 1. The Hall–Kier alpha value is -0.780. The van der Waals surface area contributed by atoms with Gasteiger partial charge in [0.05, 0.1) is 12.5 Å². The Morgan fingerprint density at radius 3 is 3.06 bits per heavy atom.